The van der Waals surface area contributed by atoms with Crippen LogP contribution in [0.3, 0.4) is 0 Å². The highest BCUT2D eigenvalue weighted by Crippen LogP contribution is 2.30. The molecule has 0 N–H and O–H groups in total. The Balaban J connectivity index is 2.68. The molecular formula is C11H10FNO. The Morgan fingerprint density at radius 2 is 2.14 bits per heavy atom. The van der Waals surface area contributed by atoms with E-state index in [4.69, 9.17) is 0 Å². The van der Waals surface area contributed by atoms with Gasteiger partial charge in [-0.1, -0.05) is 6.92 Å². The number of Topliss-reactive ketones (excluding diaryl/α,β-unsaturated/α-hetero) is 1. The lowest BCUT2D eigenvalue weighted by Crippen LogP contribution is -2.16. The summed E-state index contributed by atoms with van der Waals surface area (Å²) in [7, 11) is 0. The van der Waals surface area contributed by atoms with Crippen LogP contribution in [0.15, 0.2) is 17.1 Å². The molecule has 2 nitrogen and oxygen atoms in total. The van der Waals surface area contributed by atoms with E-state index in [2.05, 4.69) is 4.99 Å². The van der Waals surface area contributed by atoms with E-state index in [1.807, 2.05) is 0 Å². The van der Waals surface area contributed by atoms with Gasteiger partial charge in [-0.05, 0) is 19.1 Å². The number of hydrogen-bond donors (Lipinski definition) is 0. The number of fused-ring (bicyclic) bond motifs is 1. The molecule has 1 aromatic rings. The SMILES string of the molecule is Cc1c(F)ccc2c1N=CC(C)C2=O. The average molecular weight is 191 g/mol. The quantitative estimate of drug-likeness (QED) is 0.619. The van der Waals surface area contributed by atoms with Gasteiger partial charge in [0.2, 0.25) is 0 Å². The van der Waals surface area contributed by atoms with E-state index in [9.17, 15) is 9.18 Å². The molecule has 1 atom stereocenters. The van der Waals surface area contributed by atoms with Crippen molar-refractivity contribution in [1.82, 2.24) is 0 Å². The van der Waals surface area contributed by atoms with Gasteiger partial charge in [-0.3, -0.25) is 9.79 Å². The Labute approximate surface area is 81.5 Å². The zero-order chi connectivity index (χ0) is 10.3. The van der Waals surface area contributed by atoms with Gasteiger partial charge >= 0.3 is 0 Å². The monoisotopic (exact) mass is 191 g/mol. The van der Waals surface area contributed by atoms with E-state index in [-0.39, 0.29) is 17.5 Å². The highest BCUT2D eigenvalue weighted by molar-refractivity contribution is 6.12. The molecule has 1 unspecified atom stereocenters. The Hall–Kier alpha value is -1.51. The molecule has 0 fully saturated rings. The second-order valence-electron chi connectivity index (χ2n) is 3.50. The molecule has 0 saturated heterocycles. The highest BCUT2D eigenvalue weighted by Gasteiger charge is 2.23. The Morgan fingerprint density at radius 3 is 2.86 bits per heavy atom. The van der Waals surface area contributed by atoms with E-state index < -0.39 is 0 Å². The molecule has 0 bridgehead atoms. The second kappa shape index (κ2) is 3.01. The maximum Gasteiger partial charge on any atom is 0.173 e. The van der Waals surface area contributed by atoms with Gasteiger partial charge in [0.25, 0.3) is 0 Å². The van der Waals surface area contributed by atoms with E-state index in [0.717, 1.165) is 0 Å². The molecule has 1 heterocycles. The fourth-order valence-corrected chi connectivity index (χ4v) is 1.54. The van der Waals surface area contributed by atoms with Gasteiger partial charge in [-0.2, -0.15) is 0 Å². The summed E-state index contributed by atoms with van der Waals surface area (Å²) in [6, 6.07) is 2.83. The predicted octanol–water partition coefficient (Wildman–Crippen LogP) is 2.67. The van der Waals surface area contributed by atoms with Crippen LogP contribution >= 0.6 is 0 Å². The number of aliphatic imine (C=N–C) groups is 1. The molecule has 1 aliphatic heterocycles. The van der Waals surface area contributed by atoms with Crippen LogP contribution in [0.1, 0.15) is 22.8 Å². The summed E-state index contributed by atoms with van der Waals surface area (Å²) in [4.78, 5) is 15.8. The van der Waals surface area contributed by atoms with Gasteiger partial charge in [0, 0.05) is 17.3 Å². The first-order valence-electron chi connectivity index (χ1n) is 4.48. The zero-order valence-electron chi connectivity index (χ0n) is 8.04. The smallest absolute Gasteiger partial charge is 0.173 e. The van der Waals surface area contributed by atoms with Gasteiger partial charge in [0.1, 0.15) is 5.82 Å². The van der Waals surface area contributed by atoms with Crippen molar-refractivity contribution in [3.63, 3.8) is 0 Å². The maximum atomic E-state index is 13.1. The summed E-state index contributed by atoms with van der Waals surface area (Å²) in [5.74, 6) is -0.506. The molecule has 1 aliphatic rings. The van der Waals surface area contributed by atoms with Crippen LogP contribution in [0.2, 0.25) is 0 Å². The topological polar surface area (TPSA) is 29.4 Å². The molecule has 3 heteroatoms. The maximum absolute atomic E-state index is 13.1. The number of hydrogen-bond acceptors (Lipinski definition) is 2. The lowest BCUT2D eigenvalue weighted by Gasteiger charge is -2.15. The summed E-state index contributed by atoms with van der Waals surface area (Å²) < 4.78 is 13.1. The molecule has 0 radical (unpaired) electrons. The summed E-state index contributed by atoms with van der Waals surface area (Å²) in [6.45, 7) is 3.42. The third kappa shape index (κ3) is 1.16. The van der Waals surface area contributed by atoms with Gasteiger partial charge in [0.05, 0.1) is 11.6 Å². The molecule has 0 aromatic heterocycles. The van der Waals surface area contributed by atoms with Crippen LogP contribution in [0, 0.1) is 18.7 Å². The molecule has 1 aromatic carbocycles. The van der Waals surface area contributed by atoms with Crippen LogP contribution in [0.25, 0.3) is 0 Å². The number of halogens is 1. The van der Waals surface area contributed by atoms with Gasteiger partial charge in [-0.15, -0.1) is 0 Å². The third-order valence-electron chi connectivity index (χ3n) is 2.47. The standard InChI is InChI=1S/C11H10FNO/c1-6-5-13-10-7(2)9(12)4-3-8(10)11(6)14/h3-6H,1-2H3. The fourth-order valence-electron chi connectivity index (χ4n) is 1.54. The number of carbonyl (C=O) groups is 1. The van der Waals surface area contributed by atoms with Crippen molar-refractivity contribution in [2.45, 2.75) is 13.8 Å². The van der Waals surface area contributed by atoms with E-state index in [0.29, 0.717) is 16.8 Å². The number of rotatable bonds is 0. The first kappa shape index (κ1) is 9.06. The molecule has 0 saturated carbocycles. The van der Waals surface area contributed by atoms with E-state index >= 15 is 0 Å². The lowest BCUT2D eigenvalue weighted by atomic mass is 9.94. The van der Waals surface area contributed by atoms with Crippen molar-refractivity contribution in [3.05, 3.63) is 29.1 Å². The van der Waals surface area contributed by atoms with Gasteiger partial charge in [0.15, 0.2) is 5.78 Å². The largest absolute Gasteiger partial charge is 0.293 e. The van der Waals surface area contributed by atoms with Crippen molar-refractivity contribution >= 4 is 17.7 Å². The minimum atomic E-state index is -0.316. The summed E-state index contributed by atoms with van der Waals surface area (Å²) >= 11 is 0. The Kier molecular flexibility index (Phi) is 1.95. The number of benzene rings is 1. The average Bonchev–Trinajstić information content (AvgIpc) is 2.17. The van der Waals surface area contributed by atoms with Crippen LogP contribution < -0.4 is 0 Å². The normalized spacial score (nSPS) is 19.6. The van der Waals surface area contributed by atoms with Crippen molar-refractivity contribution < 1.29 is 9.18 Å². The predicted molar refractivity (Wildman–Crippen MR) is 52.8 cm³/mol. The first-order valence-corrected chi connectivity index (χ1v) is 4.48. The molecule has 0 amide bonds. The minimum absolute atomic E-state index is 0.0121. The molecule has 0 spiro atoms. The third-order valence-corrected chi connectivity index (χ3v) is 2.47. The van der Waals surface area contributed by atoms with E-state index in [1.54, 1.807) is 20.1 Å². The number of nitrogens with zero attached hydrogens (tertiary/aromatic N) is 1. The van der Waals surface area contributed by atoms with Crippen LogP contribution in [-0.2, 0) is 0 Å². The summed E-state index contributed by atoms with van der Waals surface area (Å²) in [5.41, 5.74) is 1.45. The zero-order valence-corrected chi connectivity index (χ0v) is 8.04. The summed E-state index contributed by atoms with van der Waals surface area (Å²) in [5, 5.41) is 0. The second-order valence-corrected chi connectivity index (χ2v) is 3.50. The Morgan fingerprint density at radius 1 is 1.43 bits per heavy atom. The molecular weight excluding hydrogens is 181 g/mol. The highest BCUT2D eigenvalue weighted by atomic mass is 19.1. The first-order chi connectivity index (χ1) is 6.61. The Bertz CT molecular complexity index is 437. The van der Waals surface area contributed by atoms with Crippen LogP contribution in [0.4, 0.5) is 10.1 Å². The molecule has 2 rings (SSSR count). The van der Waals surface area contributed by atoms with E-state index in [1.165, 1.54) is 12.1 Å². The van der Waals surface area contributed by atoms with Gasteiger partial charge < -0.3 is 0 Å². The van der Waals surface area contributed by atoms with Crippen molar-refractivity contribution in [1.29, 1.82) is 0 Å². The number of ketones is 1. The van der Waals surface area contributed by atoms with Crippen LogP contribution in [0.5, 0.6) is 0 Å². The van der Waals surface area contributed by atoms with Crippen molar-refractivity contribution in [2.24, 2.45) is 10.9 Å². The summed E-state index contributed by atoms with van der Waals surface area (Å²) in [6.07, 6.45) is 1.57. The fraction of sp³-hybridized carbons (Fsp3) is 0.273. The van der Waals surface area contributed by atoms with Crippen molar-refractivity contribution in [3.8, 4) is 0 Å². The molecule has 0 aliphatic carbocycles. The lowest BCUT2D eigenvalue weighted by molar-refractivity contribution is 0.0962. The minimum Gasteiger partial charge on any atom is -0.293 e. The van der Waals surface area contributed by atoms with Gasteiger partial charge in [-0.25, -0.2) is 4.39 Å². The number of carbonyl (C=O) groups excluding carboxylic acids is 1. The molecule has 14 heavy (non-hydrogen) atoms. The van der Waals surface area contributed by atoms with Crippen molar-refractivity contribution in [2.75, 3.05) is 0 Å². The van der Waals surface area contributed by atoms with Crippen LogP contribution in [-0.4, -0.2) is 12.0 Å². The molecule has 72 valence electrons.